The second-order valence-electron chi connectivity index (χ2n) is 8.44. The molecule has 0 unspecified atom stereocenters. The normalized spacial score (nSPS) is 51.2. The highest BCUT2D eigenvalue weighted by atomic mass is 16.8. The Morgan fingerprint density at radius 2 is 1.30 bits per heavy atom. The molecule has 0 saturated carbocycles. The summed E-state index contributed by atoms with van der Waals surface area (Å²) in [6.07, 6.45) is -19.7. The van der Waals surface area contributed by atoms with E-state index in [9.17, 15) is 40.5 Å². The molecule has 0 aromatic rings. The second-order valence-corrected chi connectivity index (χ2v) is 8.44. The minimum Gasteiger partial charge on any atom is -0.457 e. The third kappa shape index (κ3) is 5.63. The largest absolute Gasteiger partial charge is 0.457 e. The van der Waals surface area contributed by atoms with Gasteiger partial charge in [0.15, 0.2) is 25.0 Å². The molecule has 0 spiro atoms. The predicted octanol–water partition coefficient (Wildman–Crippen LogP) is -4.31. The summed E-state index contributed by atoms with van der Waals surface area (Å²) in [6.45, 7) is 3.76. The van der Waals surface area contributed by atoms with E-state index in [-0.39, 0.29) is 6.61 Å². The van der Waals surface area contributed by atoms with Crippen LogP contribution in [0.15, 0.2) is 0 Å². The molecule has 3 rings (SSSR count). The maximum atomic E-state index is 11.3. The van der Waals surface area contributed by atoms with Crippen molar-refractivity contribution < 1.29 is 69.0 Å². The Kier molecular flexibility index (Phi) is 8.64. The predicted molar refractivity (Wildman–Crippen MR) is 102 cm³/mol. The second kappa shape index (κ2) is 10.7. The van der Waals surface area contributed by atoms with E-state index in [2.05, 4.69) is 0 Å². The Balaban J connectivity index is 1.65. The van der Waals surface area contributed by atoms with Gasteiger partial charge in [0, 0.05) is 6.92 Å². The first-order chi connectivity index (χ1) is 15.4. The summed E-state index contributed by atoms with van der Waals surface area (Å²) in [5.74, 6) is -0.688. The lowest BCUT2D eigenvalue weighted by molar-refractivity contribution is -0.372. The zero-order chi connectivity index (χ0) is 24.6. The third-order valence-electron chi connectivity index (χ3n) is 5.89. The molecule has 33 heavy (non-hydrogen) atoms. The topological polar surface area (TPSA) is 214 Å². The fraction of sp³-hybridized carbons (Fsp3) is 0.947. The van der Waals surface area contributed by atoms with Crippen LogP contribution in [0.4, 0.5) is 0 Å². The molecule has 0 amide bonds. The van der Waals surface area contributed by atoms with Gasteiger partial charge in [0.05, 0.1) is 18.8 Å². The highest BCUT2D eigenvalue weighted by Crippen LogP contribution is 2.31. The molecule has 3 saturated heterocycles. The first kappa shape index (κ1) is 26.6. The zero-order valence-corrected chi connectivity index (χ0v) is 18.3. The van der Waals surface area contributed by atoms with E-state index in [1.807, 2.05) is 0 Å². The summed E-state index contributed by atoms with van der Waals surface area (Å²) < 4.78 is 32.0. The van der Waals surface area contributed by atoms with Crippen molar-refractivity contribution in [1.29, 1.82) is 0 Å². The van der Waals surface area contributed by atoms with Crippen molar-refractivity contribution in [2.75, 3.05) is 6.61 Å². The SMILES string of the molecule is CC(=O)O[C@@H]1[C@H](O)[C@@H](O[C@@H]2O[C@@H](C)[C@H](O[C@@H]3OC[C@@H](O)[C@H](O)[C@H]3O)[C@@H](O)[C@H]2O)[C@H](O)O[C@@H]1C. The summed E-state index contributed by atoms with van der Waals surface area (Å²) in [5, 5.41) is 71.2. The summed E-state index contributed by atoms with van der Waals surface area (Å²) in [4.78, 5) is 11.3. The first-order valence-corrected chi connectivity index (χ1v) is 10.6. The zero-order valence-electron chi connectivity index (χ0n) is 18.3. The fourth-order valence-electron chi connectivity index (χ4n) is 4.03. The van der Waals surface area contributed by atoms with Crippen LogP contribution in [-0.2, 0) is 33.2 Å². The monoisotopic (exact) mass is 484 g/mol. The number of carbonyl (C=O) groups excluding carboxylic acids is 1. The number of hydrogen-bond donors (Lipinski definition) is 7. The van der Waals surface area contributed by atoms with Gasteiger partial charge in [0.25, 0.3) is 0 Å². The van der Waals surface area contributed by atoms with Crippen molar-refractivity contribution in [1.82, 2.24) is 0 Å². The molecule has 0 bridgehead atoms. The van der Waals surface area contributed by atoms with Crippen molar-refractivity contribution >= 4 is 5.97 Å². The minimum absolute atomic E-state index is 0.325. The van der Waals surface area contributed by atoms with Gasteiger partial charge in [-0.1, -0.05) is 0 Å². The molecular weight excluding hydrogens is 452 g/mol. The number of aliphatic hydroxyl groups is 7. The Bertz CT molecular complexity index is 664. The van der Waals surface area contributed by atoms with Crippen molar-refractivity contribution in [2.45, 2.75) is 107 Å². The van der Waals surface area contributed by atoms with Crippen molar-refractivity contribution in [3.05, 3.63) is 0 Å². The Morgan fingerprint density at radius 1 is 0.727 bits per heavy atom. The number of aliphatic hydroxyl groups excluding tert-OH is 7. The molecule has 0 aromatic carbocycles. The highest BCUT2D eigenvalue weighted by Gasteiger charge is 2.52. The van der Waals surface area contributed by atoms with Crippen LogP contribution in [0.2, 0.25) is 0 Å². The van der Waals surface area contributed by atoms with Gasteiger partial charge in [-0.05, 0) is 13.8 Å². The van der Waals surface area contributed by atoms with E-state index in [4.69, 9.17) is 28.4 Å². The molecule has 3 heterocycles. The molecule has 14 atom stereocenters. The van der Waals surface area contributed by atoms with Gasteiger partial charge in [-0.2, -0.15) is 0 Å². The van der Waals surface area contributed by atoms with Gasteiger partial charge in [0.2, 0.25) is 0 Å². The van der Waals surface area contributed by atoms with E-state index in [1.165, 1.54) is 13.8 Å². The van der Waals surface area contributed by atoms with E-state index in [0.717, 1.165) is 6.92 Å². The average Bonchev–Trinajstić information content (AvgIpc) is 2.74. The Labute approximate surface area is 189 Å². The van der Waals surface area contributed by atoms with Gasteiger partial charge >= 0.3 is 5.97 Å². The molecule has 3 aliphatic heterocycles. The van der Waals surface area contributed by atoms with Crippen LogP contribution in [0.25, 0.3) is 0 Å². The van der Waals surface area contributed by atoms with Crippen LogP contribution in [-0.4, -0.2) is 134 Å². The van der Waals surface area contributed by atoms with Crippen LogP contribution < -0.4 is 0 Å². The lowest BCUT2D eigenvalue weighted by Gasteiger charge is -2.46. The number of ether oxygens (including phenoxy) is 6. The van der Waals surface area contributed by atoms with Gasteiger partial charge in [-0.15, -0.1) is 0 Å². The summed E-state index contributed by atoms with van der Waals surface area (Å²) in [7, 11) is 0. The van der Waals surface area contributed by atoms with E-state index < -0.39 is 92.0 Å². The average molecular weight is 484 g/mol. The molecule has 3 fully saturated rings. The number of esters is 1. The molecule has 14 nitrogen and oxygen atoms in total. The van der Waals surface area contributed by atoms with Gasteiger partial charge < -0.3 is 64.2 Å². The minimum atomic E-state index is -1.74. The molecule has 14 heteroatoms. The van der Waals surface area contributed by atoms with Crippen LogP contribution in [0.5, 0.6) is 0 Å². The number of carbonyl (C=O) groups is 1. The van der Waals surface area contributed by atoms with Gasteiger partial charge in [-0.3, -0.25) is 4.79 Å². The standard InChI is InChI=1S/C19H32O14/c1-5-15(31-7(3)20)13(26)16(17(27)29-5)33-19-12(25)10(23)14(6(2)30-19)32-18-11(24)9(22)8(21)4-28-18/h5-6,8-19,21-27H,4H2,1-3H3/t5-,6+,8-,9+,10+,11-,12-,13+,14+,15+,16-,17-,18+,19+/m1/s1. The van der Waals surface area contributed by atoms with E-state index in [0.29, 0.717) is 0 Å². The first-order valence-electron chi connectivity index (χ1n) is 10.6. The fourth-order valence-corrected chi connectivity index (χ4v) is 4.03. The van der Waals surface area contributed by atoms with Crippen LogP contribution in [0.1, 0.15) is 20.8 Å². The molecule has 7 N–H and O–H groups in total. The lowest BCUT2D eigenvalue weighted by atomic mass is 9.97. The smallest absolute Gasteiger partial charge is 0.303 e. The summed E-state index contributed by atoms with van der Waals surface area (Å²) in [5.41, 5.74) is 0. The number of rotatable bonds is 5. The molecule has 0 radical (unpaired) electrons. The molecule has 192 valence electrons. The summed E-state index contributed by atoms with van der Waals surface area (Å²) in [6, 6.07) is 0. The molecule has 0 aromatic heterocycles. The Morgan fingerprint density at radius 3 is 1.94 bits per heavy atom. The van der Waals surface area contributed by atoms with Gasteiger partial charge in [0.1, 0.15) is 48.8 Å². The molecular formula is C19H32O14. The lowest BCUT2D eigenvalue weighted by Crippen LogP contribution is -2.64. The van der Waals surface area contributed by atoms with Crippen LogP contribution in [0.3, 0.4) is 0 Å². The van der Waals surface area contributed by atoms with Crippen molar-refractivity contribution in [3.8, 4) is 0 Å². The maximum Gasteiger partial charge on any atom is 0.303 e. The highest BCUT2D eigenvalue weighted by molar-refractivity contribution is 5.66. The van der Waals surface area contributed by atoms with Crippen LogP contribution in [0, 0.1) is 0 Å². The van der Waals surface area contributed by atoms with Crippen molar-refractivity contribution in [3.63, 3.8) is 0 Å². The van der Waals surface area contributed by atoms with Gasteiger partial charge in [-0.25, -0.2) is 0 Å². The Hall–Kier alpha value is -1.01. The molecule has 0 aliphatic carbocycles. The van der Waals surface area contributed by atoms with E-state index >= 15 is 0 Å². The molecule has 3 aliphatic rings. The van der Waals surface area contributed by atoms with E-state index in [1.54, 1.807) is 0 Å². The summed E-state index contributed by atoms with van der Waals surface area (Å²) >= 11 is 0. The number of hydrogen-bond acceptors (Lipinski definition) is 14. The van der Waals surface area contributed by atoms with Crippen LogP contribution >= 0.6 is 0 Å². The quantitative estimate of drug-likeness (QED) is 0.184. The third-order valence-corrected chi connectivity index (χ3v) is 5.89. The maximum absolute atomic E-state index is 11.3. The van der Waals surface area contributed by atoms with Crippen molar-refractivity contribution in [2.24, 2.45) is 0 Å².